The van der Waals surface area contributed by atoms with E-state index in [1.54, 1.807) is 20.8 Å². The summed E-state index contributed by atoms with van der Waals surface area (Å²) >= 11 is 12.2. The van der Waals surface area contributed by atoms with Crippen molar-refractivity contribution in [1.29, 1.82) is 0 Å². The topological polar surface area (TPSA) is 101 Å². The molecular formula is C23H24Cl2N2O6S. The highest BCUT2D eigenvalue weighted by atomic mass is 35.5. The Balaban J connectivity index is 2.05. The van der Waals surface area contributed by atoms with Crippen LogP contribution in [-0.2, 0) is 24.4 Å². The van der Waals surface area contributed by atoms with Gasteiger partial charge < -0.3 is 4.74 Å². The summed E-state index contributed by atoms with van der Waals surface area (Å²) in [7, 11) is -4.33. The molecule has 3 rings (SSSR count). The Morgan fingerprint density at radius 2 is 1.76 bits per heavy atom. The third kappa shape index (κ3) is 4.98. The number of hydrogen-bond donors (Lipinski definition) is 0. The number of halogens is 2. The summed E-state index contributed by atoms with van der Waals surface area (Å²) in [4.78, 5) is 38.2. The SMILES string of the molecule is CCC(C)(C)N(C1CC(=O)N(c2ccc(OC(C)=O)cc2)C1=O)S(=O)(=O)c1cc(Cl)ccc1Cl. The Morgan fingerprint density at radius 1 is 1.15 bits per heavy atom. The van der Waals surface area contributed by atoms with Crippen molar-refractivity contribution in [2.75, 3.05) is 4.90 Å². The maximum atomic E-state index is 13.8. The molecule has 0 aromatic heterocycles. The van der Waals surface area contributed by atoms with Crippen molar-refractivity contribution in [1.82, 2.24) is 4.31 Å². The molecule has 1 atom stereocenters. The van der Waals surface area contributed by atoms with Gasteiger partial charge in [0.2, 0.25) is 15.9 Å². The highest BCUT2D eigenvalue weighted by molar-refractivity contribution is 7.89. The monoisotopic (exact) mass is 526 g/mol. The van der Waals surface area contributed by atoms with Crippen LogP contribution in [-0.4, -0.2) is 42.1 Å². The van der Waals surface area contributed by atoms with Crippen LogP contribution >= 0.6 is 23.2 Å². The second-order valence-corrected chi connectivity index (χ2v) is 11.0. The van der Waals surface area contributed by atoms with Gasteiger partial charge in [-0.3, -0.25) is 14.4 Å². The van der Waals surface area contributed by atoms with Crippen molar-refractivity contribution in [2.24, 2.45) is 0 Å². The van der Waals surface area contributed by atoms with E-state index in [9.17, 15) is 22.8 Å². The van der Waals surface area contributed by atoms with Crippen molar-refractivity contribution in [3.8, 4) is 5.75 Å². The molecule has 0 bridgehead atoms. The van der Waals surface area contributed by atoms with E-state index in [1.807, 2.05) is 0 Å². The first-order valence-electron chi connectivity index (χ1n) is 10.4. The Morgan fingerprint density at radius 3 is 2.32 bits per heavy atom. The molecule has 8 nitrogen and oxygen atoms in total. The summed E-state index contributed by atoms with van der Waals surface area (Å²) in [6, 6.07) is 8.57. The normalized spacial score (nSPS) is 16.9. The Labute approximate surface area is 208 Å². The number of ether oxygens (including phenoxy) is 1. The molecular weight excluding hydrogens is 503 g/mol. The van der Waals surface area contributed by atoms with Crippen LogP contribution in [0.1, 0.15) is 40.5 Å². The quantitative estimate of drug-likeness (QED) is 0.300. The van der Waals surface area contributed by atoms with Crippen LogP contribution in [0, 0.1) is 0 Å². The third-order valence-corrected chi connectivity index (χ3v) is 8.49. The Bertz CT molecular complexity index is 1240. The van der Waals surface area contributed by atoms with E-state index >= 15 is 0 Å². The summed E-state index contributed by atoms with van der Waals surface area (Å²) in [5.74, 6) is -1.50. The Kier molecular flexibility index (Phi) is 7.43. The molecule has 34 heavy (non-hydrogen) atoms. The maximum Gasteiger partial charge on any atom is 0.308 e. The van der Waals surface area contributed by atoms with Gasteiger partial charge in [0.1, 0.15) is 16.7 Å². The van der Waals surface area contributed by atoms with Crippen molar-refractivity contribution in [2.45, 2.75) is 57.0 Å². The molecule has 0 spiro atoms. The summed E-state index contributed by atoms with van der Waals surface area (Å²) in [5, 5.41) is 0.122. The molecule has 1 saturated heterocycles. The molecule has 2 amide bonds. The molecule has 0 radical (unpaired) electrons. The molecule has 1 heterocycles. The average Bonchev–Trinajstić information content (AvgIpc) is 3.03. The van der Waals surface area contributed by atoms with Crippen molar-refractivity contribution in [3.05, 3.63) is 52.5 Å². The zero-order valence-corrected chi connectivity index (χ0v) is 21.4. The first kappa shape index (κ1) is 26.2. The fourth-order valence-corrected chi connectivity index (χ4v) is 6.48. The Hall–Kier alpha value is -2.46. The van der Waals surface area contributed by atoms with E-state index < -0.39 is 39.4 Å². The molecule has 2 aromatic carbocycles. The fourth-order valence-electron chi connectivity index (χ4n) is 3.75. The van der Waals surface area contributed by atoms with Gasteiger partial charge in [-0.05, 0) is 62.7 Å². The van der Waals surface area contributed by atoms with Crippen molar-refractivity contribution >= 4 is 56.7 Å². The zero-order chi connectivity index (χ0) is 25.4. The first-order chi connectivity index (χ1) is 15.8. The van der Waals surface area contributed by atoms with Crippen LogP contribution in [0.15, 0.2) is 47.4 Å². The lowest BCUT2D eigenvalue weighted by atomic mass is 10.00. The molecule has 0 aliphatic carbocycles. The number of imide groups is 1. The lowest BCUT2D eigenvalue weighted by Gasteiger charge is -2.39. The standard InChI is InChI=1S/C23H24Cl2N2O6S/c1-5-23(3,4)27(34(31,32)20-12-15(24)6-11-18(20)25)19-13-21(29)26(22(19)30)16-7-9-17(10-8-16)33-14(2)28/h6-12,19H,5,13H2,1-4H3. The number of nitrogens with zero attached hydrogens (tertiary/aromatic N) is 2. The van der Waals surface area contributed by atoms with Gasteiger partial charge in [-0.2, -0.15) is 4.31 Å². The third-order valence-electron chi connectivity index (χ3n) is 5.65. The zero-order valence-electron chi connectivity index (χ0n) is 19.0. The number of esters is 1. The minimum atomic E-state index is -4.33. The predicted molar refractivity (Wildman–Crippen MR) is 129 cm³/mol. The highest BCUT2D eigenvalue weighted by Crippen LogP contribution is 2.38. The van der Waals surface area contributed by atoms with E-state index in [-0.39, 0.29) is 32.8 Å². The van der Waals surface area contributed by atoms with Gasteiger partial charge in [-0.1, -0.05) is 30.1 Å². The number of benzene rings is 2. The van der Waals surface area contributed by atoms with E-state index in [0.29, 0.717) is 6.42 Å². The number of carbonyl (C=O) groups is 3. The number of carbonyl (C=O) groups excluding carboxylic acids is 3. The smallest absolute Gasteiger partial charge is 0.308 e. The van der Waals surface area contributed by atoms with Crippen LogP contribution in [0.5, 0.6) is 5.75 Å². The molecule has 1 unspecified atom stereocenters. The van der Waals surface area contributed by atoms with Gasteiger partial charge in [0.25, 0.3) is 5.91 Å². The van der Waals surface area contributed by atoms with Gasteiger partial charge in [-0.25, -0.2) is 13.3 Å². The lowest BCUT2D eigenvalue weighted by Crippen LogP contribution is -2.55. The minimum Gasteiger partial charge on any atom is -0.427 e. The summed E-state index contributed by atoms with van der Waals surface area (Å²) in [6.07, 6.45) is 0.0187. The van der Waals surface area contributed by atoms with Gasteiger partial charge >= 0.3 is 5.97 Å². The van der Waals surface area contributed by atoms with Crippen molar-refractivity contribution < 1.29 is 27.5 Å². The molecule has 1 aliphatic heterocycles. The van der Waals surface area contributed by atoms with Gasteiger partial charge in [0, 0.05) is 17.5 Å². The number of amides is 2. The van der Waals surface area contributed by atoms with Crippen LogP contribution in [0.3, 0.4) is 0 Å². The average molecular weight is 527 g/mol. The summed E-state index contributed by atoms with van der Waals surface area (Å²) < 4.78 is 33.6. The van der Waals surface area contributed by atoms with Crippen LogP contribution < -0.4 is 9.64 Å². The van der Waals surface area contributed by atoms with Gasteiger partial charge in [0.15, 0.2) is 0 Å². The van der Waals surface area contributed by atoms with Crippen LogP contribution in [0.2, 0.25) is 10.0 Å². The molecule has 1 aliphatic rings. The number of sulfonamides is 1. The molecule has 182 valence electrons. The summed E-state index contributed by atoms with van der Waals surface area (Å²) in [6.45, 7) is 6.40. The molecule has 0 N–H and O–H groups in total. The van der Waals surface area contributed by atoms with E-state index in [0.717, 1.165) is 9.21 Å². The largest absolute Gasteiger partial charge is 0.427 e. The van der Waals surface area contributed by atoms with E-state index in [4.69, 9.17) is 27.9 Å². The maximum absolute atomic E-state index is 13.8. The number of hydrogen-bond acceptors (Lipinski definition) is 6. The molecule has 1 fully saturated rings. The molecule has 2 aromatic rings. The summed E-state index contributed by atoms with van der Waals surface area (Å²) in [5.41, 5.74) is -0.791. The fraction of sp³-hybridized carbons (Fsp3) is 0.348. The molecule has 11 heteroatoms. The second-order valence-electron chi connectivity index (χ2n) is 8.42. The molecule has 0 saturated carbocycles. The lowest BCUT2D eigenvalue weighted by molar-refractivity contribution is -0.132. The van der Waals surface area contributed by atoms with Crippen molar-refractivity contribution in [3.63, 3.8) is 0 Å². The number of rotatable bonds is 7. The van der Waals surface area contributed by atoms with Gasteiger partial charge in [0.05, 0.1) is 17.1 Å². The van der Waals surface area contributed by atoms with Crippen LogP contribution in [0.4, 0.5) is 5.69 Å². The van der Waals surface area contributed by atoms with E-state index in [1.165, 1.54) is 49.4 Å². The first-order valence-corrected chi connectivity index (χ1v) is 12.6. The second kappa shape index (κ2) is 9.65. The minimum absolute atomic E-state index is 0.0454. The number of anilines is 1. The highest BCUT2D eigenvalue weighted by Gasteiger charge is 2.51. The van der Waals surface area contributed by atoms with E-state index in [2.05, 4.69) is 0 Å². The van der Waals surface area contributed by atoms with Gasteiger partial charge in [-0.15, -0.1) is 0 Å². The van der Waals surface area contributed by atoms with Crippen LogP contribution in [0.25, 0.3) is 0 Å². The predicted octanol–water partition coefficient (Wildman–Crippen LogP) is 4.43.